The molecule has 0 aliphatic rings. The van der Waals surface area contributed by atoms with Crippen LogP contribution in [0.2, 0.25) is 0 Å². The Kier molecular flexibility index (Phi) is 6.69. The van der Waals surface area contributed by atoms with Gasteiger partial charge in [-0.3, -0.25) is 9.78 Å². The Morgan fingerprint density at radius 3 is 2.56 bits per heavy atom. The molecular weight excluding hydrogens is 367 g/mol. The normalized spacial score (nSPS) is 12.1. The van der Waals surface area contributed by atoms with E-state index < -0.39 is 36.5 Å². The maximum Gasteiger partial charge on any atom is 0.422 e. The molecule has 27 heavy (non-hydrogen) atoms. The first-order chi connectivity index (χ1) is 12.8. The Balaban J connectivity index is 1.94. The van der Waals surface area contributed by atoms with E-state index in [1.54, 1.807) is 24.4 Å². The van der Waals surface area contributed by atoms with Gasteiger partial charge in [-0.25, -0.2) is 9.78 Å². The maximum atomic E-state index is 12.3. The number of pyridine rings is 2. The van der Waals surface area contributed by atoms with Gasteiger partial charge >= 0.3 is 12.1 Å². The topological polar surface area (TPSA) is 90.4 Å². The fourth-order valence-electron chi connectivity index (χ4n) is 1.91. The van der Waals surface area contributed by atoms with Crippen molar-refractivity contribution in [3.63, 3.8) is 0 Å². The van der Waals surface area contributed by atoms with Crippen LogP contribution in [-0.4, -0.2) is 40.7 Å². The fraction of sp³-hybridized carbons (Fsp3) is 0.294. The van der Waals surface area contributed by atoms with E-state index in [0.717, 1.165) is 6.07 Å². The molecule has 2 aromatic heterocycles. The summed E-state index contributed by atoms with van der Waals surface area (Å²) in [6.07, 6.45) is -3.01. The summed E-state index contributed by atoms with van der Waals surface area (Å²) in [5, 5.41) is 2.54. The highest BCUT2D eigenvalue weighted by Gasteiger charge is 2.30. The highest BCUT2D eigenvalue weighted by molar-refractivity contribution is 5.92. The molecule has 0 fully saturated rings. The third-order valence-corrected chi connectivity index (χ3v) is 3.18. The van der Waals surface area contributed by atoms with Gasteiger partial charge in [0.1, 0.15) is 0 Å². The second-order valence-corrected chi connectivity index (χ2v) is 5.34. The summed E-state index contributed by atoms with van der Waals surface area (Å²) in [5.41, 5.74) is 0.156. The van der Waals surface area contributed by atoms with Gasteiger partial charge in [0, 0.05) is 12.4 Å². The zero-order valence-corrected chi connectivity index (χ0v) is 14.2. The number of carbonyl (C=O) groups is 2. The lowest BCUT2D eigenvalue weighted by Crippen LogP contribution is -2.35. The van der Waals surface area contributed by atoms with Crippen molar-refractivity contribution in [3.8, 4) is 5.75 Å². The first kappa shape index (κ1) is 20.1. The number of rotatable bonds is 7. The van der Waals surface area contributed by atoms with Crippen molar-refractivity contribution in [2.45, 2.75) is 25.7 Å². The summed E-state index contributed by atoms with van der Waals surface area (Å²) in [6.45, 7) is -0.130. The number of amides is 1. The molecule has 1 atom stereocenters. The van der Waals surface area contributed by atoms with E-state index in [1.165, 1.54) is 19.2 Å². The van der Waals surface area contributed by atoms with E-state index >= 15 is 0 Å². The summed E-state index contributed by atoms with van der Waals surface area (Å²) >= 11 is 0. The van der Waals surface area contributed by atoms with Crippen LogP contribution in [0.25, 0.3) is 0 Å². The van der Waals surface area contributed by atoms with Crippen molar-refractivity contribution in [2.24, 2.45) is 0 Å². The molecule has 1 N–H and O–H groups in total. The number of hydrogen-bond donors (Lipinski definition) is 1. The second kappa shape index (κ2) is 8.97. The molecule has 144 valence electrons. The summed E-state index contributed by atoms with van der Waals surface area (Å²) in [7, 11) is 0. The van der Waals surface area contributed by atoms with Gasteiger partial charge < -0.3 is 14.8 Å². The third-order valence-electron chi connectivity index (χ3n) is 3.18. The average Bonchev–Trinajstić information content (AvgIpc) is 2.64. The number of halogens is 3. The van der Waals surface area contributed by atoms with Crippen LogP contribution in [0.1, 0.15) is 23.1 Å². The number of hydrogen-bond acceptors (Lipinski definition) is 6. The molecule has 10 heteroatoms. The monoisotopic (exact) mass is 383 g/mol. The molecule has 7 nitrogen and oxygen atoms in total. The van der Waals surface area contributed by atoms with Gasteiger partial charge in [0.05, 0.1) is 12.2 Å². The predicted molar refractivity (Wildman–Crippen MR) is 86.7 cm³/mol. The zero-order chi connectivity index (χ0) is 19.9. The zero-order valence-electron chi connectivity index (χ0n) is 14.2. The molecule has 0 bridgehead atoms. The number of aromatic nitrogens is 2. The van der Waals surface area contributed by atoms with Crippen molar-refractivity contribution in [1.82, 2.24) is 15.3 Å². The highest BCUT2D eigenvalue weighted by Crippen LogP contribution is 2.21. The minimum Gasteiger partial charge on any atom is -0.482 e. The van der Waals surface area contributed by atoms with E-state index in [-0.39, 0.29) is 12.3 Å². The Bertz CT molecular complexity index is 784. The Morgan fingerprint density at radius 2 is 1.89 bits per heavy atom. The van der Waals surface area contributed by atoms with Gasteiger partial charge in [0.2, 0.25) is 0 Å². The fourth-order valence-corrected chi connectivity index (χ4v) is 1.91. The standard InChI is InChI=1S/C17H16F3N3O4/c1-11(15(24)23-9-12-5-2-3-7-21-12)27-16(25)14-13(6-4-8-22-14)26-10-17(18,19)20/h2-8,11H,9-10H2,1H3,(H,23,24). The van der Waals surface area contributed by atoms with Crippen LogP contribution in [0.3, 0.4) is 0 Å². The number of nitrogens with one attached hydrogen (secondary N) is 1. The molecule has 1 unspecified atom stereocenters. The molecule has 2 rings (SSSR count). The molecule has 0 aliphatic carbocycles. The van der Waals surface area contributed by atoms with E-state index in [9.17, 15) is 22.8 Å². The number of ether oxygens (including phenoxy) is 2. The molecule has 0 saturated heterocycles. The molecule has 0 spiro atoms. The smallest absolute Gasteiger partial charge is 0.422 e. The van der Waals surface area contributed by atoms with Crippen molar-refractivity contribution in [2.75, 3.05) is 6.61 Å². The highest BCUT2D eigenvalue weighted by atomic mass is 19.4. The number of carbonyl (C=O) groups excluding carboxylic acids is 2. The van der Waals surface area contributed by atoms with E-state index in [0.29, 0.717) is 5.69 Å². The van der Waals surface area contributed by atoms with Crippen molar-refractivity contribution in [3.05, 3.63) is 54.1 Å². The summed E-state index contributed by atoms with van der Waals surface area (Å²) in [4.78, 5) is 31.9. The molecule has 0 radical (unpaired) electrons. The molecule has 2 heterocycles. The van der Waals surface area contributed by atoms with Crippen LogP contribution in [-0.2, 0) is 16.1 Å². The van der Waals surface area contributed by atoms with Crippen molar-refractivity contribution in [1.29, 1.82) is 0 Å². The van der Waals surface area contributed by atoms with Crippen LogP contribution in [0.15, 0.2) is 42.7 Å². The maximum absolute atomic E-state index is 12.3. The van der Waals surface area contributed by atoms with Crippen LogP contribution >= 0.6 is 0 Å². The molecule has 0 saturated carbocycles. The van der Waals surface area contributed by atoms with Gasteiger partial charge in [-0.1, -0.05) is 6.07 Å². The second-order valence-electron chi connectivity index (χ2n) is 5.34. The minimum atomic E-state index is -4.57. The van der Waals surface area contributed by atoms with E-state index in [1.807, 2.05) is 0 Å². The Labute approximate surface area is 152 Å². The largest absolute Gasteiger partial charge is 0.482 e. The Hall–Kier alpha value is -3.17. The van der Waals surface area contributed by atoms with Crippen molar-refractivity contribution < 1.29 is 32.2 Å². The molecule has 2 aromatic rings. The van der Waals surface area contributed by atoms with E-state index in [4.69, 9.17) is 4.74 Å². The lowest BCUT2D eigenvalue weighted by atomic mass is 10.3. The van der Waals surface area contributed by atoms with Gasteiger partial charge in [-0.15, -0.1) is 0 Å². The Morgan fingerprint density at radius 1 is 1.15 bits per heavy atom. The molecular formula is C17H16F3N3O4. The van der Waals surface area contributed by atoms with Crippen LogP contribution in [0.4, 0.5) is 13.2 Å². The lowest BCUT2D eigenvalue weighted by molar-refractivity contribution is -0.153. The SMILES string of the molecule is CC(OC(=O)c1ncccc1OCC(F)(F)F)C(=O)NCc1ccccn1. The van der Waals surface area contributed by atoms with Gasteiger partial charge in [-0.2, -0.15) is 13.2 Å². The van der Waals surface area contributed by atoms with Crippen molar-refractivity contribution >= 4 is 11.9 Å². The van der Waals surface area contributed by atoms with Gasteiger partial charge in [-0.05, 0) is 31.2 Å². The molecule has 0 aromatic carbocycles. The first-order valence-electron chi connectivity index (χ1n) is 7.79. The summed E-state index contributed by atoms with van der Waals surface area (Å²) in [6, 6.07) is 7.64. The average molecular weight is 383 g/mol. The van der Waals surface area contributed by atoms with Crippen LogP contribution in [0.5, 0.6) is 5.75 Å². The number of nitrogens with zero attached hydrogens (tertiary/aromatic N) is 2. The third kappa shape index (κ3) is 6.57. The molecule has 1 amide bonds. The number of esters is 1. The van der Waals surface area contributed by atoms with Crippen LogP contribution in [0, 0.1) is 0 Å². The quantitative estimate of drug-likeness (QED) is 0.738. The van der Waals surface area contributed by atoms with E-state index in [2.05, 4.69) is 20.0 Å². The van der Waals surface area contributed by atoms with Crippen LogP contribution < -0.4 is 10.1 Å². The predicted octanol–water partition coefficient (Wildman–Crippen LogP) is 2.28. The van der Waals surface area contributed by atoms with Gasteiger partial charge in [0.25, 0.3) is 5.91 Å². The van der Waals surface area contributed by atoms with Gasteiger partial charge in [0.15, 0.2) is 24.2 Å². The molecule has 0 aliphatic heterocycles. The minimum absolute atomic E-state index is 0.130. The summed E-state index contributed by atoms with van der Waals surface area (Å²) in [5.74, 6) is -2.06. The first-order valence-corrected chi connectivity index (χ1v) is 7.79. The summed E-state index contributed by atoms with van der Waals surface area (Å²) < 4.78 is 46.4. The number of alkyl halides is 3. The lowest BCUT2D eigenvalue weighted by Gasteiger charge is -2.15.